The first-order valence-corrected chi connectivity index (χ1v) is 10.6. The van der Waals surface area contributed by atoms with Gasteiger partial charge in [0, 0.05) is 44.6 Å². The highest BCUT2D eigenvalue weighted by atomic mass is 32.2. The van der Waals surface area contributed by atoms with E-state index in [4.69, 9.17) is 4.52 Å². The molecule has 0 N–H and O–H groups in total. The molecule has 0 aliphatic carbocycles. The number of carbonyl (C=O) groups is 1. The van der Waals surface area contributed by atoms with Gasteiger partial charge in [-0.2, -0.15) is 4.31 Å². The Kier molecular flexibility index (Phi) is 4.73. The molecular formula is C18H22N4O4S. The zero-order chi connectivity index (χ0) is 19.0. The van der Waals surface area contributed by atoms with Gasteiger partial charge in [0.1, 0.15) is 5.76 Å². The second-order valence-electron chi connectivity index (χ2n) is 7.19. The third-order valence-corrected chi connectivity index (χ3v) is 7.76. The van der Waals surface area contributed by atoms with E-state index in [2.05, 4.69) is 10.1 Å². The number of pyridine rings is 1. The van der Waals surface area contributed by atoms with Crippen molar-refractivity contribution in [2.45, 2.75) is 31.6 Å². The van der Waals surface area contributed by atoms with Gasteiger partial charge in [0.2, 0.25) is 10.0 Å². The van der Waals surface area contributed by atoms with E-state index in [0.717, 1.165) is 5.56 Å². The topological polar surface area (TPSA) is 96.6 Å². The van der Waals surface area contributed by atoms with Gasteiger partial charge in [0.15, 0.2) is 5.69 Å². The molecule has 8 nitrogen and oxygen atoms in total. The molecule has 2 atom stereocenters. The van der Waals surface area contributed by atoms with Crippen molar-refractivity contribution in [1.29, 1.82) is 0 Å². The SMILES string of the molecule is Cc1cc(C(=O)N2CC[C@@H]3CN(Cc4cccnc4)S(=O)(=O)[C@@H]3CC2)no1. The third-order valence-electron chi connectivity index (χ3n) is 5.38. The van der Waals surface area contributed by atoms with Crippen molar-refractivity contribution >= 4 is 15.9 Å². The summed E-state index contributed by atoms with van der Waals surface area (Å²) in [5.41, 5.74) is 1.16. The van der Waals surface area contributed by atoms with E-state index in [1.807, 2.05) is 12.1 Å². The molecule has 0 saturated carbocycles. The van der Waals surface area contributed by atoms with Crippen molar-refractivity contribution in [3.8, 4) is 0 Å². The Morgan fingerprint density at radius 2 is 2.15 bits per heavy atom. The van der Waals surface area contributed by atoms with Crippen LogP contribution in [0.3, 0.4) is 0 Å². The van der Waals surface area contributed by atoms with Crippen molar-refractivity contribution in [3.63, 3.8) is 0 Å². The molecule has 2 aliphatic heterocycles. The van der Waals surface area contributed by atoms with Crippen LogP contribution in [0.2, 0.25) is 0 Å². The van der Waals surface area contributed by atoms with Gasteiger partial charge in [-0.3, -0.25) is 9.78 Å². The summed E-state index contributed by atoms with van der Waals surface area (Å²) in [7, 11) is -3.39. The number of fused-ring (bicyclic) bond motifs is 1. The van der Waals surface area contributed by atoms with Gasteiger partial charge in [-0.15, -0.1) is 0 Å². The molecule has 27 heavy (non-hydrogen) atoms. The van der Waals surface area contributed by atoms with Crippen molar-refractivity contribution in [3.05, 3.63) is 47.6 Å². The van der Waals surface area contributed by atoms with Crippen molar-refractivity contribution in [2.24, 2.45) is 5.92 Å². The summed E-state index contributed by atoms with van der Waals surface area (Å²) in [6, 6.07) is 5.31. The van der Waals surface area contributed by atoms with E-state index in [1.54, 1.807) is 34.6 Å². The maximum Gasteiger partial charge on any atom is 0.276 e. The molecule has 0 bridgehead atoms. The molecule has 4 heterocycles. The van der Waals surface area contributed by atoms with Crippen molar-refractivity contribution < 1.29 is 17.7 Å². The lowest BCUT2D eigenvalue weighted by Crippen LogP contribution is -2.34. The highest BCUT2D eigenvalue weighted by Gasteiger charge is 2.47. The molecule has 2 saturated heterocycles. The Morgan fingerprint density at radius 1 is 1.33 bits per heavy atom. The van der Waals surface area contributed by atoms with Gasteiger partial charge in [0.25, 0.3) is 5.91 Å². The lowest BCUT2D eigenvalue weighted by molar-refractivity contribution is 0.0748. The fraction of sp³-hybridized carbons (Fsp3) is 0.500. The maximum atomic E-state index is 13.0. The zero-order valence-electron chi connectivity index (χ0n) is 15.1. The van der Waals surface area contributed by atoms with Gasteiger partial charge in [-0.25, -0.2) is 8.42 Å². The van der Waals surface area contributed by atoms with E-state index in [0.29, 0.717) is 44.8 Å². The zero-order valence-corrected chi connectivity index (χ0v) is 15.9. The van der Waals surface area contributed by atoms with Crippen LogP contribution in [-0.4, -0.2) is 58.6 Å². The Labute approximate surface area is 158 Å². The first kappa shape index (κ1) is 18.1. The van der Waals surface area contributed by atoms with Crippen LogP contribution >= 0.6 is 0 Å². The number of sulfonamides is 1. The standard InChI is InChI=1S/C18H22N4O4S/c1-13-9-16(20-26-13)18(23)21-7-4-15-12-22(11-14-3-2-6-19-10-14)27(24,25)17(15)5-8-21/h2-3,6,9-10,15,17H,4-5,7-8,11-12H2,1H3/t15-,17-/m1/s1. The summed E-state index contributed by atoms with van der Waals surface area (Å²) >= 11 is 0. The molecule has 4 rings (SSSR count). The van der Waals surface area contributed by atoms with E-state index < -0.39 is 15.3 Å². The molecule has 0 aromatic carbocycles. The molecule has 1 amide bonds. The van der Waals surface area contributed by atoms with E-state index in [9.17, 15) is 13.2 Å². The van der Waals surface area contributed by atoms with Gasteiger partial charge >= 0.3 is 0 Å². The summed E-state index contributed by atoms with van der Waals surface area (Å²) in [5, 5.41) is 3.34. The van der Waals surface area contributed by atoms with Crippen LogP contribution in [0.25, 0.3) is 0 Å². The molecule has 2 aromatic rings. The molecule has 144 valence electrons. The van der Waals surface area contributed by atoms with Crippen LogP contribution < -0.4 is 0 Å². The minimum Gasteiger partial charge on any atom is -0.361 e. The summed E-state index contributed by atoms with van der Waals surface area (Å²) < 4.78 is 32.6. The molecule has 2 aliphatic rings. The number of likely N-dealkylation sites (tertiary alicyclic amines) is 1. The Morgan fingerprint density at radius 3 is 2.85 bits per heavy atom. The average molecular weight is 390 g/mol. The first-order chi connectivity index (χ1) is 12.9. The van der Waals surface area contributed by atoms with Crippen molar-refractivity contribution in [2.75, 3.05) is 19.6 Å². The third kappa shape index (κ3) is 3.49. The quantitative estimate of drug-likeness (QED) is 0.787. The smallest absolute Gasteiger partial charge is 0.276 e. The van der Waals surface area contributed by atoms with Gasteiger partial charge in [-0.1, -0.05) is 11.2 Å². The maximum absolute atomic E-state index is 13.0. The number of rotatable bonds is 3. The fourth-order valence-corrected chi connectivity index (χ4v) is 6.20. The fourth-order valence-electron chi connectivity index (χ4n) is 3.98. The Balaban J connectivity index is 1.46. The number of carbonyl (C=O) groups excluding carboxylic acids is 1. The average Bonchev–Trinajstić information content (AvgIpc) is 3.09. The lowest BCUT2D eigenvalue weighted by atomic mass is 10.0. The number of amides is 1. The van der Waals surface area contributed by atoms with Crippen LogP contribution in [-0.2, 0) is 16.6 Å². The molecule has 0 spiro atoms. The Hall–Kier alpha value is -2.26. The molecule has 9 heteroatoms. The van der Waals surface area contributed by atoms with E-state index >= 15 is 0 Å². The normalized spacial score (nSPS) is 25.1. The number of nitrogens with zero attached hydrogens (tertiary/aromatic N) is 4. The van der Waals surface area contributed by atoms with E-state index in [1.165, 1.54) is 0 Å². The predicted molar refractivity (Wildman–Crippen MR) is 97.2 cm³/mol. The number of hydrogen-bond donors (Lipinski definition) is 0. The molecular weight excluding hydrogens is 368 g/mol. The highest BCUT2D eigenvalue weighted by Crippen LogP contribution is 2.35. The summed E-state index contributed by atoms with van der Waals surface area (Å²) in [6.07, 6.45) is 4.48. The second kappa shape index (κ2) is 7.05. The molecule has 2 fully saturated rings. The summed E-state index contributed by atoms with van der Waals surface area (Å²) in [6.45, 7) is 3.52. The van der Waals surface area contributed by atoms with Crippen LogP contribution in [0.4, 0.5) is 0 Å². The lowest BCUT2D eigenvalue weighted by Gasteiger charge is -2.21. The van der Waals surface area contributed by atoms with E-state index in [-0.39, 0.29) is 17.5 Å². The largest absolute Gasteiger partial charge is 0.361 e. The van der Waals surface area contributed by atoms with Crippen LogP contribution in [0, 0.1) is 12.8 Å². The van der Waals surface area contributed by atoms with Gasteiger partial charge in [-0.05, 0) is 37.3 Å². The van der Waals surface area contributed by atoms with Crippen LogP contribution in [0.1, 0.15) is 34.7 Å². The highest BCUT2D eigenvalue weighted by molar-refractivity contribution is 7.90. The summed E-state index contributed by atoms with van der Waals surface area (Å²) in [4.78, 5) is 18.3. The van der Waals surface area contributed by atoms with Crippen molar-refractivity contribution in [1.82, 2.24) is 19.3 Å². The number of aryl methyl sites for hydroxylation is 1. The number of aromatic nitrogens is 2. The Bertz CT molecular complexity index is 928. The predicted octanol–water partition coefficient (Wildman–Crippen LogP) is 1.44. The van der Waals surface area contributed by atoms with Crippen LogP contribution in [0.15, 0.2) is 35.1 Å². The molecule has 0 unspecified atom stereocenters. The second-order valence-corrected chi connectivity index (χ2v) is 9.34. The molecule has 2 aromatic heterocycles. The minimum atomic E-state index is -3.39. The minimum absolute atomic E-state index is 0.0310. The first-order valence-electron chi connectivity index (χ1n) is 9.05. The van der Waals surface area contributed by atoms with Gasteiger partial charge in [0.05, 0.1) is 5.25 Å². The monoisotopic (exact) mass is 390 g/mol. The van der Waals surface area contributed by atoms with Crippen LogP contribution in [0.5, 0.6) is 0 Å². The number of hydrogen-bond acceptors (Lipinski definition) is 6. The molecule has 0 radical (unpaired) electrons. The summed E-state index contributed by atoms with van der Waals surface area (Å²) in [5.74, 6) is 0.415. The van der Waals surface area contributed by atoms with Gasteiger partial charge < -0.3 is 9.42 Å².